The van der Waals surface area contributed by atoms with Crippen LogP contribution >= 0.6 is 11.3 Å². The molecule has 6 nitrogen and oxygen atoms in total. The lowest BCUT2D eigenvalue weighted by atomic mass is 10.0. The van der Waals surface area contributed by atoms with Crippen molar-refractivity contribution in [3.8, 4) is 16.3 Å². The zero-order valence-electron chi connectivity index (χ0n) is 19.9. The number of benzene rings is 1. The van der Waals surface area contributed by atoms with Gasteiger partial charge in [-0.3, -0.25) is 0 Å². The van der Waals surface area contributed by atoms with E-state index in [1.54, 1.807) is 17.5 Å². The summed E-state index contributed by atoms with van der Waals surface area (Å²) in [6.07, 6.45) is 15.9. The predicted molar refractivity (Wildman–Crippen MR) is 140 cm³/mol. The lowest BCUT2D eigenvalue weighted by Crippen LogP contribution is -2.28. The molecule has 2 aromatic heterocycles. The minimum Gasteiger partial charge on any atom is -0.489 e. The van der Waals surface area contributed by atoms with Gasteiger partial charge in [-0.2, -0.15) is 0 Å². The van der Waals surface area contributed by atoms with E-state index in [9.17, 15) is 0 Å². The van der Waals surface area contributed by atoms with Crippen LogP contribution in [0, 0.1) is 0 Å². The smallest absolute Gasteiger partial charge is 0.142 e. The number of allylic oxidation sites excluding steroid dienone is 4. The molecule has 2 heterocycles. The Labute approximate surface area is 204 Å². The second-order valence-electron chi connectivity index (χ2n) is 8.86. The maximum absolute atomic E-state index is 5.93. The molecule has 3 N–H and O–H groups in total. The van der Waals surface area contributed by atoms with E-state index >= 15 is 0 Å². The average molecular weight is 474 g/mol. The SMILES string of the molecule is CNc1cc(-c2ncc(C3=CCC=CC4=C3CCC4NCc3ncc[nH]3)s2)ccc1OC(C)C. The van der Waals surface area contributed by atoms with Crippen molar-refractivity contribution < 1.29 is 4.74 Å². The molecular weight excluding hydrogens is 442 g/mol. The van der Waals surface area contributed by atoms with Gasteiger partial charge in [0, 0.05) is 37.2 Å². The topological polar surface area (TPSA) is 74.9 Å². The number of ether oxygens (including phenoxy) is 1. The van der Waals surface area contributed by atoms with Gasteiger partial charge in [-0.05, 0) is 68.0 Å². The van der Waals surface area contributed by atoms with Crippen LogP contribution in [0.4, 0.5) is 5.69 Å². The molecular formula is C27H31N5OS. The number of anilines is 1. The van der Waals surface area contributed by atoms with Crippen LogP contribution < -0.4 is 15.4 Å². The maximum atomic E-state index is 5.93. The van der Waals surface area contributed by atoms with E-state index in [4.69, 9.17) is 9.72 Å². The number of imidazole rings is 1. The molecule has 0 spiro atoms. The average Bonchev–Trinajstić information content (AvgIpc) is 3.58. The number of nitrogens with one attached hydrogen (secondary N) is 3. The quantitative estimate of drug-likeness (QED) is 0.377. The van der Waals surface area contributed by atoms with E-state index < -0.39 is 0 Å². The first-order valence-corrected chi connectivity index (χ1v) is 12.7. The van der Waals surface area contributed by atoms with E-state index in [0.29, 0.717) is 6.04 Å². The summed E-state index contributed by atoms with van der Waals surface area (Å²) in [6.45, 7) is 4.83. The molecule has 0 radical (unpaired) electrons. The number of rotatable bonds is 8. The van der Waals surface area contributed by atoms with Gasteiger partial charge in [-0.1, -0.05) is 18.2 Å². The van der Waals surface area contributed by atoms with Gasteiger partial charge < -0.3 is 20.4 Å². The fourth-order valence-corrected chi connectivity index (χ4v) is 5.61. The van der Waals surface area contributed by atoms with Gasteiger partial charge in [0.25, 0.3) is 0 Å². The molecule has 0 aliphatic heterocycles. The Hall–Kier alpha value is -3.16. The van der Waals surface area contributed by atoms with Gasteiger partial charge >= 0.3 is 0 Å². The lowest BCUT2D eigenvalue weighted by molar-refractivity contribution is 0.244. The number of H-pyrrole nitrogens is 1. The van der Waals surface area contributed by atoms with Crippen molar-refractivity contribution in [1.82, 2.24) is 20.3 Å². The van der Waals surface area contributed by atoms with Gasteiger partial charge in [0.2, 0.25) is 0 Å². The van der Waals surface area contributed by atoms with Crippen molar-refractivity contribution >= 4 is 22.6 Å². The fraction of sp³-hybridized carbons (Fsp3) is 0.333. The molecule has 1 atom stereocenters. The Balaban J connectivity index is 1.38. The highest BCUT2D eigenvalue weighted by molar-refractivity contribution is 7.16. The first-order chi connectivity index (χ1) is 16.6. The van der Waals surface area contributed by atoms with Gasteiger partial charge in [-0.15, -0.1) is 11.3 Å². The fourth-order valence-electron chi connectivity index (χ4n) is 4.63. The Morgan fingerprint density at radius 1 is 1.26 bits per heavy atom. The highest BCUT2D eigenvalue weighted by atomic mass is 32.1. The third kappa shape index (κ3) is 4.72. The summed E-state index contributed by atoms with van der Waals surface area (Å²) in [4.78, 5) is 13.6. The summed E-state index contributed by atoms with van der Waals surface area (Å²) in [5.74, 6) is 1.84. The predicted octanol–water partition coefficient (Wildman–Crippen LogP) is 5.95. The minimum atomic E-state index is 0.131. The van der Waals surface area contributed by atoms with E-state index in [1.807, 2.05) is 39.4 Å². The Bertz CT molecular complexity index is 1240. The largest absolute Gasteiger partial charge is 0.489 e. The molecule has 1 aromatic carbocycles. The number of hydrogen-bond donors (Lipinski definition) is 3. The van der Waals surface area contributed by atoms with E-state index in [-0.39, 0.29) is 6.10 Å². The van der Waals surface area contributed by atoms with Crippen LogP contribution in [0.1, 0.15) is 43.8 Å². The number of hydrogen-bond acceptors (Lipinski definition) is 6. The lowest BCUT2D eigenvalue weighted by Gasteiger charge is -2.14. The number of nitrogens with zero attached hydrogens (tertiary/aromatic N) is 2. The van der Waals surface area contributed by atoms with Crippen LogP contribution in [0.15, 0.2) is 66.2 Å². The van der Waals surface area contributed by atoms with Crippen LogP contribution in [-0.2, 0) is 6.54 Å². The Morgan fingerprint density at radius 3 is 2.97 bits per heavy atom. The molecule has 1 unspecified atom stereocenters. The molecule has 2 aliphatic rings. The molecule has 0 bridgehead atoms. The zero-order chi connectivity index (χ0) is 23.5. The van der Waals surface area contributed by atoms with Crippen LogP contribution in [0.25, 0.3) is 16.1 Å². The van der Waals surface area contributed by atoms with Gasteiger partial charge in [0.1, 0.15) is 16.6 Å². The van der Waals surface area contributed by atoms with E-state index in [0.717, 1.165) is 53.6 Å². The standard InChI is InChI=1S/C27H31N5OS/c1-17(2)33-24-11-8-18(14-23(24)28-3)27-32-15-25(34-27)21-7-5-4-6-20-19(21)9-10-22(20)31-16-26-29-12-13-30-26/h4,6-8,11-15,17,22,28,31H,5,9-10,16H2,1-3H3,(H,29,30). The summed E-state index contributed by atoms with van der Waals surface area (Å²) in [7, 11) is 1.92. The summed E-state index contributed by atoms with van der Waals surface area (Å²) in [6, 6.07) is 6.60. The maximum Gasteiger partial charge on any atom is 0.142 e. The Morgan fingerprint density at radius 2 is 2.18 bits per heavy atom. The normalized spacial score (nSPS) is 17.6. The van der Waals surface area contributed by atoms with Crippen molar-refractivity contribution in [2.24, 2.45) is 0 Å². The summed E-state index contributed by atoms with van der Waals surface area (Å²) in [5, 5.41) is 7.96. The van der Waals surface area contributed by atoms with Crippen molar-refractivity contribution in [3.05, 3.63) is 76.9 Å². The zero-order valence-corrected chi connectivity index (χ0v) is 20.7. The molecule has 0 saturated carbocycles. The third-order valence-corrected chi connectivity index (χ3v) is 7.27. The third-order valence-electron chi connectivity index (χ3n) is 6.19. The second-order valence-corrected chi connectivity index (χ2v) is 9.89. The van der Waals surface area contributed by atoms with Crippen molar-refractivity contribution in [1.29, 1.82) is 0 Å². The van der Waals surface area contributed by atoms with Crippen LogP contribution in [0.2, 0.25) is 0 Å². The number of aromatic nitrogens is 3. The van der Waals surface area contributed by atoms with Crippen LogP contribution in [0.3, 0.4) is 0 Å². The molecule has 0 saturated heterocycles. The molecule has 3 aromatic rings. The molecule has 176 valence electrons. The Kier molecular flexibility index (Phi) is 6.65. The minimum absolute atomic E-state index is 0.131. The van der Waals surface area contributed by atoms with E-state index in [2.05, 4.69) is 51.0 Å². The molecule has 7 heteroatoms. The molecule has 0 fully saturated rings. The van der Waals surface area contributed by atoms with Gasteiger partial charge in [-0.25, -0.2) is 9.97 Å². The first kappa shape index (κ1) is 22.6. The second kappa shape index (κ2) is 9.99. The molecule has 0 amide bonds. The van der Waals surface area contributed by atoms with E-state index in [1.165, 1.54) is 21.6 Å². The van der Waals surface area contributed by atoms with Crippen molar-refractivity contribution in [3.63, 3.8) is 0 Å². The van der Waals surface area contributed by atoms with Crippen LogP contribution in [0.5, 0.6) is 5.75 Å². The highest BCUT2D eigenvalue weighted by Crippen LogP contribution is 2.42. The monoisotopic (exact) mass is 473 g/mol. The molecule has 2 aliphatic carbocycles. The molecule has 34 heavy (non-hydrogen) atoms. The first-order valence-electron chi connectivity index (χ1n) is 11.9. The van der Waals surface area contributed by atoms with Gasteiger partial charge in [0.05, 0.1) is 23.2 Å². The van der Waals surface area contributed by atoms with Crippen molar-refractivity contribution in [2.75, 3.05) is 12.4 Å². The molecule has 5 rings (SSSR count). The number of thiazole rings is 1. The van der Waals surface area contributed by atoms with Crippen LogP contribution in [-0.4, -0.2) is 34.1 Å². The highest BCUT2D eigenvalue weighted by Gasteiger charge is 2.28. The number of aromatic amines is 1. The van der Waals surface area contributed by atoms with Crippen molar-refractivity contribution in [2.45, 2.75) is 51.8 Å². The van der Waals surface area contributed by atoms with Gasteiger partial charge in [0.15, 0.2) is 0 Å². The summed E-state index contributed by atoms with van der Waals surface area (Å²) in [5.41, 5.74) is 6.25. The summed E-state index contributed by atoms with van der Waals surface area (Å²) < 4.78 is 5.93. The summed E-state index contributed by atoms with van der Waals surface area (Å²) >= 11 is 1.76.